The molecule has 2 rings (SSSR count). The Balaban J connectivity index is 2.26. The molecular weight excluding hydrogens is 277 g/mol. The molecule has 0 saturated carbocycles. The number of carbonyl (C=O) groups is 2. The molecule has 1 fully saturated rings. The largest absolute Gasteiger partial charge is 0.507 e. The van der Waals surface area contributed by atoms with Crippen LogP contribution >= 0.6 is 0 Å². The number of carbonyl (C=O) groups excluding carboxylic acids is 2. The third-order valence-electron chi connectivity index (χ3n) is 3.53. The summed E-state index contributed by atoms with van der Waals surface area (Å²) in [5.74, 6) is -2.21. The number of nitrogens with zero attached hydrogens (tertiary/aromatic N) is 1. The molecule has 1 aromatic rings. The fraction of sp³-hybridized carbons (Fsp3) is 0.429. The van der Waals surface area contributed by atoms with Crippen LogP contribution in [0.3, 0.4) is 0 Å². The molecule has 0 spiro atoms. The second kappa shape index (κ2) is 6.53. The van der Waals surface area contributed by atoms with Crippen molar-refractivity contribution in [3.8, 4) is 5.75 Å². The first-order valence-electron chi connectivity index (χ1n) is 6.77. The van der Waals surface area contributed by atoms with Gasteiger partial charge in [0.25, 0.3) is 5.91 Å². The van der Waals surface area contributed by atoms with Crippen molar-refractivity contribution in [2.75, 3.05) is 19.6 Å². The smallest absolute Gasteiger partial charge is 0.258 e. The van der Waals surface area contributed by atoms with E-state index in [0.717, 1.165) is 25.2 Å². The van der Waals surface area contributed by atoms with E-state index in [4.69, 9.17) is 5.73 Å². The lowest BCUT2D eigenvalue weighted by Crippen LogP contribution is -2.49. The predicted octanol–water partition coefficient (Wildman–Crippen LogP) is 0.211. The van der Waals surface area contributed by atoms with Gasteiger partial charge in [-0.2, -0.15) is 0 Å². The molecule has 1 aliphatic rings. The van der Waals surface area contributed by atoms with Crippen LogP contribution in [0.25, 0.3) is 0 Å². The number of phenols is 1. The summed E-state index contributed by atoms with van der Waals surface area (Å²) in [6.07, 6.45) is 1.39. The van der Waals surface area contributed by atoms with Gasteiger partial charge in [0.1, 0.15) is 11.6 Å². The SMILES string of the molecule is NC(=O)CN(C(=O)c1ccc(F)cc1O)C1CCNCC1. The number of aromatic hydroxyl groups is 1. The minimum Gasteiger partial charge on any atom is -0.507 e. The summed E-state index contributed by atoms with van der Waals surface area (Å²) in [6, 6.07) is 3.05. The average molecular weight is 295 g/mol. The summed E-state index contributed by atoms with van der Waals surface area (Å²) in [5.41, 5.74) is 5.18. The zero-order valence-electron chi connectivity index (χ0n) is 11.5. The van der Waals surface area contributed by atoms with E-state index in [1.807, 2.05) is 0 Å². The molecule has 21 heavy (non-hydrogen) atoms. The molecule has 114 valence electrons. The second-order valence-corrected chi connectivity index (χ2v) is 5.04. The molecule has 1 saturated heterocycles. The van der Waals surface area contributed by atoms with Crippen molar-refractivity contribution in [2.24, 2.45) is 5.73 Å². The number of hydrogen-bond donors (Lipinski definition) is 3. The Labute approximate surface area is 121 Å². The van der Waals surface area contributed by atoms with E-state index < -0.39 is 23.4 Å². The van der Waals surface area contributed by atoms with E-state index in [1.54, 1.807) is 0 Å². The third-order valence-corrected chi connectivity index (χ3v) is 3.53. The van der Waals surface area contributed by atoms with Gasteiger partial charge in [0, 0.05) is 12.1 Å². The molecule has 0 unspecified atom stereocenters. The van der Waals surface area contributed by atoms with Gasteiger partial charge >= 0.3 is 0 Å². The molecule has 1 heterocycles. The number of nitrogens with two attached hydrogens (primary N) is 1. The van der Waals surface area contributed by atoms with Gasteiger partial charge in [0.2, 0.25) is 5.91 Å². The fourth-order valence-corrected chi connectivity index (χ4v) is 2.49. The zero-order chi connectivity index (χ0) is 15.4. The molecule has 4 N–H and O–H groups in total. The number of primary amides is 1. The van der Waals surface area contributed by atoms with E-state index in [0.29, 0.717) is 12.8 Å². The van der Waals surface area contributed by atoms with E-state index in [2.05, 4.69) is 5.32 Å². The number of benzene rings is 1. The Morgan fingerprint density at radius 1 is 1.38 bits per heavy atom. The lowest BCUT2D eigenvalue weighted by Gasteiger charge is -2.34. The molecule has 6 nitrogen and oxygen atoms in total. The number of hydrogen-bond acceptors (Lipinski definition) is 4. The zero-order valence-corrected chi connectivity index (χ0v) is 11.5. The van der Waals surface area contributed by atoms with Gasteiger partial charge in [-0.25, -0.2) is 4.39 Å². The van der Waals surface area contributed by atoms with Gasteiger partial charge in [-0.05, 0) is 38.1 Å². The van der Waals surface area contributed by atoms with E-state index in [1.165, 1.54) is 11.0 Å². The first-order valence-corrected chi connectivity index (χ1v) is 6.77. The highest BCUT2D eigenvalue weighted by atomic mass is 19.1. The molecular formula is C14H18FN3O3. The first kappa shape index (κ1) is 15.2. The van der Waals surface area contributed by atoms with Crippen molar-refractivity contribution in [3.05, 3.63) is 29.6 Å². The van der Waals surface area contributed by atoms with Crippen LogP contribution in [-0.2, 0) is 4.79 Å². The third kappa shape index (κ3) is 3.69. The van der Waals surface area contributed by atoms with Crippen LogP contribution in [0.1, 0.15) is 23.2 Å². The predicted molar refractivity (Wildman–Crippen MR) is 74.2 cm³/mol. The average Bonchev–Trinajstić information content (AvgIpc) is 2.45. The normalized spacial score (nSPS) is 15.7. The van der Waals surface area contributed by atoms with Gasteiger partial charge in [-0.1, -0.05) is 0 Å². The topological polar surface area (TPSA) is 95.7 Å². The van der Waals surface area contributed by atoms with Crippen LogP contribution in [0.5, 0.6) is 5.75 Å². The Kier molecular flexibility index (Phi) is 4.74. The first-order chi connectivity index (χ1) is 9.99. The maximum Gasteiger partial charge on any atom is 0.258 e. The molecule has 2 amide bonds. The number of halogens is 1. The highest BCUT2D eigenvalue weighted by Crippen LogP contribution is 2.22. The number of phenolic OH excluding ortho intramolecular Hbond substituents is 1. The highest BCUT2D eigenvalue weighted by molar-refractivity contribution is 5.98. The summed E-state index contributed by atoms with van der Waals surface area (Å²) in [7, 11) is 0. The maximum atomic E-state index is 13.0. The molecule has 0 aliphatic carbocycles. The van der Waals surface area contributed by atoms with Crippen molar-refractivity contribution in [1.82, 2.24) is 10.2 Å². The summed E-state index contributed by atoms with van der Waals surface area (Å²) < 4.78 is 13.0. The summed E-state index contributed by atoms with van der Waals surface area (Å²) in [6.45, 7) is 1.26. The molecule has 0 radical (unpaired) electrons. The second-order valence-electron chi connectivity index (χ2n) is 5.04. The Morgan fingerprint density at radius 3 is 2.62 bits per heavy atom. The fourth-order valence-electron chi connectivity index (χ4n) is 2.49. The van der Waals surface area contributed by atoms with Gasteiger partial charge in [-0.3, -0.25) is 9.59 Å². The number of piperidine rings is 1. The van der Waals surface area contributed by atoms with Crippen molar-refractivity contribution >= 4 is 11.8 Å². The Morgan fingerprint density at radius 2 is 2.05 bits per heavy atom. The molecule has 1 aliphatic heterocycles. The van der Waals surface area contributed by atoms with Gasteiger partial charge in [-0.15, -0.1) is 0 Å². The standard InChI is InChI=1S/C14H18FN3O3/c15-9-1-2-11(12(19)7-9)14(21)18(8-13(16)20)10-3-5-17-6-4-10/h1-2,7,10,17,19H,3-6,8H2,(H2,16,20). The van der Waals surface area contributed by atoms with Crippen molar-refractivity contribution in [3.63, 3.8) is 0 Å². The number of rotatable bonds is 4. The highest BCUT2D eigenvalue weighted by Gasteiger charge is 2.28. The summed E-state index contributed by atoms with van der Waals surface area (Å²) in [5, 5.41) is 12.9. The van der Waals surface area contributed by atoms with Crippen molar-refractivity contribution in [2.45, 2.75) is 18.9 Å². The van der Waals surface area contributed by atoms with Crippen LogP contribution in [-0.4, -0.2) is 47.5 Å². The van der Waals surface area contributed by atoms with Crippen LogP contribution in [0.2, 0.25) is 0 Å². The molecule has 0 aromatic heterocycles. The van der Waals surface area contributed by atoms with Gasteiger partial charge < -0.3 is 21.1 Å². The maximum absolute atomic E-state index is 13.0. The van der Waals surface area contributed by atoms with Crippen molar-refractivity contribution < 1.29 is 19.1 Å². The van der Waals surface area contributed by atoms with Crippen molar-refractivity contribution in [1.29, 1.82) is 0 Å². The summed E-state index contributed by atoms with van der Waals surface area (Å²) >= 11 is 0. The molecule has 0 bridgehead atoms. The minimum absolute atomic E-state index is 0.0313. The van der Waals surface area contributed by atoms with Crippen LogP contribution in [0, 0.1) is 5.82 Å². The monoisotopic (exact) mass is 295 g/mol. The minimum atomic E-state index is -0.632. The van der Waals surface area contributed by atoms with E-state index in [9.17, 15) is 19.1 Å². The van der Waals surface area contributed by atoms with Crippen LogP contribution in [0.4, 0.5) is 4.39 Å². The van der Waals surface area contributed by atoms with E-state index >= 15 is 0 Å². The molecule has 1 aromatic carbocycles. The lowest BCUT2D eigenvalue weighted by molar-refractivity contribution is -0.119. The molecule has 7 heteroatoms. The van der Waals surface area contributed by atoms with E-state index in [-0.39, 0.29) is 18.2 Å². The van der Waals surface area contributed by atoms with Crippen LogP contribution < -0.4 is 11.1 Å². The van der Waals surface area contributed by atoms with Gasteiger partial charge in [0.05, 0.1) is 12.1 Å². The quantitative estimate of drug-likeness (QED) is 0.740. The lowest BCUT2D eigenvalue weighted by atomic mass is 10.0. The van der Waals surface area contributed by atoms with Gasteiger partial charge in [0.15, 0.2) is 0 Å². The Hall–Kier alpha value is -2.15. The number of nitrogens with one attached hydrogen (secondary N) is 1. The van der Waals surface area contributed by atoms with Crippen LogP contribution in [0.15, 0.2) is 18.2 Å². The Bertz CT molecular complexity index is 544. The molecule has 0 atom stereocenters. The number of amides is 2. The summed E-state index contributed by atoms with van der Waals surface area (Å²) in [4.78, 5) is 25.1.